The molecule has 0 aromatic rings. The lowest BCUT2D eigenvalue weighted by Gasteiger charge is -2.14. The van der Waals surface area contributed by atoms with Crippen LogP contribution in [0.15, 0.2) is 0 Å². The zero-order chi connectivity index (χ0) is 4.50. The Balaban J connectivity index is -0.0000000800. The maximum atomic E-state index is 2.12. The van der Waals surface area contributed by atoms with E-state index in [0.29, 0.717) is 0 Å². The van der Waals surface area contributed by atoms with Gasteiger partial charge in [-0.05, 0) is 0 Å². The first-order valence-electron chi connectivity index (χ1n) is 1.79. The van der Waals surface area contributed by atoms with Crippen LogP contribution in [0.25, 0.3) is 0 Å². The lowest BCUT2D eigenvalue weighted by atomic mass is 10.8. The Hall–Kier alpha value is 0.210. The minimum atomic E-state index is 0. The highest BCUT2D eigenvalue weighted by Gasteiger charge is 1.88. The molecule has 0 atom stereocenters. The fourth-order valence-electron chi connectivity index (χ4n) is 0. The van der Waals surface area contributed by atoms with Crippen molar-refractivity contribution in [1.82, 2.24) is 6.15 Å². The minimum Gasteiger partial charge on any atom is -0.344 e. The zero-order valence-corrected chi connectivity index (χ0v) is 6.38. The first-order chi connectivity index (χ1) is 2.00. The molecule has 3 N–H and O–H groups in total. The van der Waals surface area contributed by atoms with Crippen molar-refractivity contribution in [1.29, 1.82) is 0 Å². The van der Waals surface area contributed by atoms with Gasteiger partial charge in [-0.15, -0.1) is 12.4 Å². The van der Waals surface area contributed by atoms with Crippen molar-refractivity contribution in [3.63, 3.8) is 0 Å². The van der Waals surface area contributed by atoms with Crippen LogP contribution >= 0.6 is 12.4 Å². The molecule has 0 radical (unpaired) electrons. The van der Waals surface area contributed by atoms with Crippen LogP contribution in [0.2, 0.25) is 0 Å². The van der Waals surface area contributed by atoms with Crippen LogP contribution in [-0.2, 0) is 0 Å². The van der Waals surface area contributed by atoms with E-state index in [2.05, 4.69) is 28.2 Å². The first kappa shape index (κ1) is 15.7. The molecule has 0 unspecified atom stereocenters. The standard InChI is InChI=1S/C4H12N.ClH.H3N/c1-5(2,3)4;;/h1-4H3;1H;1H3/q+1;;. The van der Waals surface area contributed by atoms with Gasteiger partial charge in [-0.25, -0.2) is 0 Å². The van der Waals surface area contributed by atoms with Crippen LogP contribution in [0.5, 0.6) is 0 Å². The van der Waals surface area contributed by atoms with Crippen molar-refractivity contribution in [2.24, 2.45) is 0 Å². The van der Waals surface area contributed by atoms with Gasteiger partial charge in [-0.2, -0.15) is 0 Å². The lowest BCUT2D eigenvalue weighted by Crippen LogP contribution is -2.27. The van der Waals surface area contributed by atoms with Gasteiger partial charge in [0.15, 0.2) is 0 Å². The van der Waals surface area contributed by atoms with Crippen molar-refractivity contribution in [2.45, 2.75) is 0 Å². The van der Waals surface area contributed by atoms with Crippen LogP contribution in [0.3, 0.4) is 0 Å². The fourth-order valence-corrected chi connectivity index (χ4v) is 0. The monoisotopic (exact) mass is 127 g/mol. The maximum absolute atomic E-state index is 2.12. The quantitative estimate of drug-likeness (QED) is 0.483. The Morgan fingerprint density at radius 3 is 0.857 bits per heavy atom. The third kappa shape index (κ3) is 2500. The highest BCUT2D eigenvalue weighted by Crippen LogP contribution is 1.73. The average molecular weight is 128 g/mol. The van der Waals surface area contributed by atoms with E-state index in [9.17, 15) is 0 Å². The van der Waals surface area contributed by atoms with Gasteiger partial charge in [0.25, 0.3) is 0 Å². The number of quaternary nitrogens is 1. The molecule has 0 bridgehead atoms. The van der Waals surface area contributed by atoms with Crippen molar-refractivity contribution in [3.8, 4) is 0 Å². The molecule has 0 aliphatic rings. The van der Waals surface area contributed by atoms with Crippen molar-refractivity contribution >= 4 is 12.4 Å². The summed E-state index contributed by atoms with van der Waals surface area (Å²) in [6.45, 7) is 0. The summed E-state index contributed by atoms with van der Waals surface area (Å²) in [7, 11) is 8.50. The van der Waals surface area contributed by atoms with E-state index in [1.165, 1.54) is 0 Å². The van der Waals surface area contributed by atoms with Crippen LogP contribution in [0, 0.1) is 0 Å². The molecule has 0 aliphatic heterocycles. The summed E-state index contributed by atoms with van der Waals surface area (Å²) in [5.41, 5.74) is 0. The topological polar surface area (TPSA) is 35.0 Å². The number of rotatable bonds is 0. The molecule has 0 aromatic heterocycles. The van der Waals surface area contributed by atoms with E-state index in [0.717, 1.165) is 4.48 Å². The molecule has 0 rings (SSSR count). The molecule has 48 valence electrons. The molecule has 0 amide bonds. The first-order valence-corrected chi connectivity index (χ1v) is 1.79. The van der Waals surface area contributed by atoms with Gasteiger partial charge in [0.2, 0.25) is 0 Å². The molecule has 0 fully saturated rings. The van der Waals surface area contributed by atoms with E-state index in [1.807, 2.05) is 0 Å². The number of hydrogen-bond acceptors (Lipinski definition) is 1. The third-order valence-corrected chi connectivity index (χ3v) is 0. The highest BCUT2D eigenvalue weighted by atomic mass is 35.5. The smallest absolute Gasteiger partial charge is 0.0675 e. The van der Waals surface area contributed by atoms with Crippen molar-refractivity contribution < 1.29 is 4.48 Å². The van der Waals surface area contributed by atoms with Gasteiger partial charge in [0, 0.05) is 0 Å². The Morgan fingerprint density at radius 2 is 0.857 bits per heavy atom. The largest absolute Gasteiger partial charge is 0.344 e. The highest BCUT2D eigenvalue weighted by molar-refractivity contribution is 5.85. The molecular formula is C4H16ClN2+. The van der Waals surface area contributed by atoms with Gasteiger partial charge in [-0.3, -0.25) is 0 Å². The number of halogens is 1. The Morgan fingerprint density at radius 1 is 0.857 bits per heavy atom. The Labute approximate surface area is 52.1 Å². The van der Waals surface area contributed by atoms with Gasteiger partial charge < -0.3 is 10.6 Å². The van der Waals surface area contributed by atoms with Gasteiger partial charge in [-0.1, -0.05) is 0 Å². The average Bonchev–Trinajstić information content (AvgIpc) is 0.722. The van der Waals surface area contributed by atoms with Gasteiger partial charge >= 0.3 is 0 Å². The summed E-state index contributed by atoms with van der Waals surface area (Å²) in [5, 5.41) is 0. The van der Waals surface area contributed by atoms with Crippen molar-refractivity contribution in [2.75, 3.05) is 28.2 Å². The van der Waals surface area contributed by atoms with E-state index >= 15 is 0 Å². The summed E-state index contributed by atoms with van der Waals surface area (Å²) in [6, 6.07) is 0. The molecular weight excluding hydrogens is 112 g/mol. The predicted octanol–water partition coefficient (Wildman–Crippen LogP) is 0.906. The van der Waals surface area contributed by atoms with Crippen LogP contribution in [0.4, 0.5) is 0 Å². The molecule has 2 nitrogen and oxygen atoms in total. The second kappa shape index (κ2) is 4.37. The van der Waals surface area contributed by atoms with E-state index in [-0.39, 0.29) is 18.6 Å². The van der Waals surface area contributed by atoms with Gasteiger partial charge in [0.1, 0.15) is 0 Å². The second-order valence-corrected chi connectivity index (χ2v) is 2.68. The molecule has 0 saturated heterocycles. The molecule has 7 heavy (non-hydrogen) atoms. The SMILES string of the molecule is C[N+](C)(C)C.Cl.N. The van der Waals surface area contributed by atoms with Crippen LogP contribution < -0.4 is 6.15 Å². The zero-order valence-electron chi connectivity index (χ0n) is 5.56. The second-order valence-electron chi connectivity index (χ2n) is 2.68. The molecule has 0 saturated carbocycles. The van der Waals surface area contributed by atoms with Crippen LogP contribution in [-0.4, -0.2) is 32.7 Å². The predicted molar refractivity (Wildman–Crippen MR) is 36.2 cm³/mol. The van der Waals surface area contributed by atoms with Gasteiger partial charge in [0.05, 0.1) is 28.2 Å². The lowest BCUT2D eigenvalue weighted by molar-refractivity contribution is -0.849. The minimum absolute atomic E-state index is 0. The normalized spacial score (nSPS) is 8.57. The van der Waals surface area contributed by atoms with E-state index in [1.54, 1.807) is 0 Å². The summed E-state index contributed by atoms with van der Waals surface area (Å²) < 4.78 is 1.00. The van der Waals surface area contributed by atoms with Crippen molar-refractivity contribution in [3.05, 3.63) is 0 Å². The Kier molecular flexibility index (Phi) is 9.80. The Bertz CT molecular complexity index is 25.2. The molecule has 0 aromatic carbocycles. The number of hydrogen-bond donors (Lipinski definition) is 1. The van der Waals surface area contributed by atoms with E-state index < -0.39 is 0 Å². The van der Waals surface area contributed by atoms with E-state index in [4.69, 9.17) is 0 Å². The molecule has 3 heteroatoms. The summed E-state index contributed by atoms with van der Waals surface area (Å²) in [6.07, 6.45) is 0. The maximum Gasteiger partial charge on any atom is 0.0675 e. The summed E-state index contributed by atoms with van der Waals surface area (Å²) in [4.78, 5) is 0. The number of nitrogens with zero attached hydrogens (tertiary/aromatic N) is 1. The summed E-state index contributed by atoms with van der Waals surface area (Å²) >= 11 is 0. The molecule has 0 spiro atoms. The van der Waals surface area contributed by atoms with Crippen LogP contribution in [0.1, 0.15) is 0 Å². The molecule has 0 heterocycles. The molecule has 0 aliphatic carbocycles. The third-order valence-electron chi connectivity index (χ3n) is 0. The summed E-state index contributed by atoms with van der Waals surface area (Å²) in [5.74, 6) is 0. The fraction of sp³-hybridized carbons (Fsp3) is 1.00.